The maximum Gasteiger partial charge on any atom is 0.248 e. The highest BCUT2D eigenvalue weighted by molar-refractivity contribution is 5.97. The third kappa shape index (κ3) is 2.68. The van der Waals surface area contributed by atoms with E-state index in [9.17, 15) is 4.79 Å². The first-order chi connectivity index (χ1) is 9.52. The minimum absolute atomic E-state index is 0.256. The van der Waals surface area contributed by atoms with E-state index in [1.54, 1.807) is 55.4 Å². The van der Waals surface area contributed by atoms with Crippen molar-refractivity contribution >= 4 is 11.6 Å². The summed E-state index contributed by atoms with van der Waals surface area (Å²) < 4.78 is 1.60. The number of likely N-dealkylation sites (N-methyl/N-ethyl adjacent to an activating group) is 1. The van der Waals surface area contributed by atoms with Gasteiger partial charge in [-0.15, -0.1) is 0 Å². The zero-order chi connectivity index (χ0) is 14.7. The van der Waals surface area contributed by atoms with E-state index in [1.165, 1.54) is 4.90 Å². The highest BCUT2D eigenvalue weighted by Gasteiger charge is 2.22. The van der Waals surface area contributed by atoms with Gasteiger partial charge in [0.15, 0.2) is 0 Å². The lowest BCUT2D eigenvalue weighted by atomic mass is 10.1. The highest BCUT2D eigenvalue weighted by Crippen LogP contribution is 2.19. The lowest BCUT2D eigenvalue weighted by Gasteiger charge is -2.21. The molecule has 0 spiro atoms. The summed E-state index contributed by atoms with van der Waals surface area (Å²) in [4.78, 5) is 13.8. The number of benzene rings is 1. The maximum atomic E-state index is 12.3. The Hall–Kier alpha value is -2.65. The van der Waals surface area contributed by atoms with Crippen molar-refractivity contribution in [3.63, 3.8) is 0 Å². The monoisotopic (exact) mass is 269 g/mol. The smallest absolute Gasteiger partial charge is 0.248 e. The van der Waals surface area contributed by atoms with E-state index in [1.807, 2.05) is 6.07 Å². The van der Waals surface area contributed by atoms with Gasteiger partial charge in [0.25, 0.3) is 0 Å². The summed E-state index contributed by atoms with van der Waals surface area (Å²) in [6.07, 6.45) is 3.28. The molecule has 0 aliphatic heterocycles. The minimum Gasteiger partial charge on any atom is -0.316 e. The largest absolute Gasteiger partial charge is 0.316 e. The van der Waals surface area contributed by atoms with Crippen LogP contribution < -0.4 is 10.6 Å². The van der Waals surface area contributed by atoms with Crippen LogP contribution in [-0.2, 0) is 11.8 Å². The van der Waals surface area contributed by atoms with Crippen LogP contribution in [0.25, 0.3) is 0 Å². The Bertz CT molecular complexity index is 670. The molecule has 102 valence electrons. The quantitative estimate of drug-likeness (QED) is 0.898. The molecule has 2 aromatic rings. The fraction of sp³-hybridized carbons (Fsp3) is 0.214. The van der Waals surface area contributed by atoms with Crippen molar-refractivity contribution in [3.05, 3.63) is 47.8 Å². The van der Waals surface area contributed by atoms with Crippen molar-refractivity contribution < 1.29 is 4.79 Å². The van der Waals surface area contributed by atoms with Crippen molar-refractivity contribution in [2.24, 2.45) is 12.8 Å². The first-order valence-electron chi connectivity index (χ1n) is 6.05. The molecule has 0 bridgehead atoms. The Morgan fingerprint density at radius 2 is 2.30 bits per heavy atom. The molecule has 0 saturated carbocycles. The van der Waals surface area contributed by atoms with Gasteiger partial charge in [-0.25, -0.2) is 0 Å². The first-order valence-corrected chi connectivity index (χ1v) is 6.05. The summed E-state index contributed by atoms with van der Waals surface area (Å²) in [5, 5.41) is 12.9. The molecule has 1 heterocycles. The molecular formula is C14H15N5O. The van der Waals surface area contributed by atoms with E-state index in [2.05, 4.69) is 5.10 Å². The zero-order valence-electron chi connectivity index (χ0n) is 11.3. The number of rotatable bonds is 3. The van der Waals surface area contributed by atoms with Gasteiger partial charge in [0, 0.05) is 31.5 Å². The number of hydrogen-bond acceptors (Lipinski definition) is 4. The molecule has 0 aliphatic carbocycles. The number of anilines is 1. The van der Waals surface area contributed by atoms with Crippen molar-refractivity contribution in [1.29, 1.82) is 5.26 Å². The van der Waals surface area contributed by atoms with Gasteiger partial charge in [0.2, 0.25) is 5.91 Å². The number of nitrogens with zero attached hydrogens (tertiary/aromatic N) is 4. The number of hydrogen-bond donors (Lipinski definition) is 1. The Morgan fingerprint density at radius 3 is 2.90 bits per heavy atom. The standard InChI is InChI=1S/C14H15N5O/c1-18-9-11(8-17-18)13(16)14(20)19(2)12-5-3-4-10(6-12)7-15/h3-6,8-9,13H,16H2,1-2H3. The highest BCUT2D eigenvalue weighted by atomic mass is 16.2. The fourth-order valence-electron chi connectivity index (χ4n) is 1.86. The van der Waals surface area contributed by atoms with E-state index >= 15 is 0 Å². The summed E-state index contributed by atoms with van der Waals surface area (Å²) in [7, 11) is 3.40. The number of carbonyl (C=O) groups is 1. The van der Waals surface area contributed by atoms with Gasteiger partial charge in [-0.3, -0.25) is 9.48 Å². The van der Waals surface area contributed by atoms with Crippen LogP contribution in [0.3, 0.4) is 0 Å². The van der Waals surface area contributed by atoms with E-state index in [4.69, 9.17) is 11.0 Å². The number of carbonyl (C=O) groups excluding carboxylic acids is 1. The number of amides is 1. The van der Waals surface area contributed by atoms with Crippen LogP contribution in [0.4, 0.5) is 5.69 Å². The van der Waals surface area contributed by atoms with Gasteiger partial charge in [0.05, 0.1) is 17.8 Å². The number of nitriles is 1. The van der Waals surface area contributed by atoms with Crippen LogP contribution in [0, 0.1) is 11.3 Å². The zero-order valence-corrected chi connectivity index (χ0v) is 11.3. The molecule has 0 aliphatic rings. The van der Waals surface area contributed by atoms with Crippen molar-refractivity contribution in [3.8, 4) is 6.07 Å². The third-order valence-electron chi connectivity index (χ3n) is 3.04. The summed E-state index contributed by atoms with van der Waals surface area (Å²) in [6.45, 7) is 0. The van der Waals surface area contributed by atoms with Gasteiger partial charge in [-0.05, 0) is 18.2 Å². The molecule has 2 rings (SSSR count). The van der Waals surface area contributed by atoms with E-state index in [-0.39, 0.29) is 5.91 Å². The molecule has 6 nitrogen and oxygen atoms in total. The Morgan fingerprint density at radius 1 is 1.55 bits per heavy atom. The molecule has 1 aromatic heterocycles. The van der Waals surface area contributed by atoms with Crippen molar-refractivity contribution in [2.45, 2.75) is 6.04 Å². The van der Waals surface area contributed by atoms with Crippen LogP contribution in [0.15, 0.2) is 36.7 Å². The average Bonchev–Trinajstić information content (AvgIpc) is 2.91. The third-order valence-corrected chi connectivity index (χ3v) is 3.04. The molecule has 1 unspecified atom stereocenters. The molecule has 20 heavy (non-hydrogen) atoms. The molecule has 0 radical (unpaired) electrons. The second kappa shape index (κ2) is 5.55. The van der Waals surface area contributed by atoms with Crippen LogP contribution in [0.2, 0.25) is 0 Å². The Balaban J connectivity index is 2.22. The van der Waals surface area contributed by atoms with Gasteiger partial charge in [-0.1, -0.05) is 6.07 Å². The molecule has 1 atom stereocenters. The SMILES string of the molecule is CN(C(=O)C(N)c1cnn(C)c1)c1cccc(C#N)c1. The molecular weight excluding hydrogens is 254 g/mol. The summed E-state index contributed by atoms with van der Waals surface area (Å²) in [6, 6.07) is 8.08. The molecule has 1 aromatic carbocycles. The lowest BCUT2D eigenvalue weighted by molar-refractivity contribution is -0.119. The maximum absolute atomic E-state index is 12.3. The lowest BCUT2D eigenvalue weighted by Crippen LogP contribution is -2.35. The number of nitrogens with two attached hydrogens (primary N) is 1. The predicted molar refractivity (Wildman–Crippen MR) is 74.7 cm³/mol. The summed E-state index contributed by atoms with van der Waals surface area (Å²) >= 11 is 0. The molecule has 2 N–H and O–H groups in total. The molecule has 1 amide bonds. The number of aromatic nitrogens is 2. The number of aryl methyl sites for hydroxylation is 1. The Labute approximate surface area is 117 Å². The first kappa shape index (κ1) is 13.8. The van der Waals surface area contributed by atoms with Gasteiger partial charge in [-0.2, -0.15) is 10.4 Å². The van der Waals surface area contributed by atoms with Crippen molar-refractivity contribution in [1.82, 2.24) is 9.78 Å². The normalized spacial score (nSPS) is 11.7. The summed E-state index contributed by atoms with van der Waals surface area (Å²) in [5.41, 5.74) is 7.73. The molecule has 0 saturated heterocycles. The van der Waals surface area contributed by atoms with Crippen molar-refractivity contribution in [2.75, 3.05) is 11.9 Å². The summed E-state index contributed by atoms with van der Waals surface area (Å²) in [5.74, 6) is -0.256. The topological polar surface area (TPSA) is 87.9 Å². The predicted octanol–water partition coefficient (Wildman–Crippen LogP) is 0.955. The van der Waals surface area contributed by atoms with Gasteiger partial charge < -0.3 is 10.6 Å². The molecule has 0 fully saturated rings. The van der Waals surface area contributed by atoms with E-state index in [0.29, 0.717) is 16.8 Å². The second-order valence-electron chi connectivity index (χ2n) is 4.48. The van der Waals surface area contributed by atoms with Crippen LogP contribution in [-0.4, -0.2) is 22.7 Å². The van der Waals surface area contributed by atoms with E-state index in [0.717, 1.165) is 0 Å². The van der Waals surface area contributed by atoms with Gasteiger partial charge >= 0.3 is 0 Å². The Kier molecular flexibility index (Phi) is 3.82. The average molecular weight is 269 g/mol. The minimum atomic E-state index is -0.778. The second-order valence-corrected chi connectivity index (χ2v) is 4.48. The van der Waals surface area contributed by atoms with E-state index < -0.39 is 6.04 Å². The van der Waals surface area contributed by atoms with Crippen LogP contribution in [0.1, 0.15) is 17.2 Å². The molecule has 6 heteroatoms. The van der Waals surface area contributed by atoms with Crippen LogP contribution >= 0.6 is 0 Å². The fourth-order valence-corrected chi connectivity index (χ4v) is 1.86. The van der Waals surface area contributed by atoms with Gasteiger partial charge in [0.1, 0.15) is 6.04 Å². The van der Waals surface area contributed by atoms with Crippen LogP contribution in [0.5, 0.6) is 0 Å².